The van der Waals surface area contributed by atoms with Crippen molar-refractivity contribution in [3.63, 3.8) is 0 Å². The van der Waals surface area contributed by atoms with Gasteiger partial charge in [-0.2, -0.15) is 0 Å². The van der Waals surface area contributed by atoms with Crippen LogP contribution in [-0.2, 0) is 11.3 Å². The van der Waals surface area contributed by atoms with Gasteiger partial charge in [-0.25, -0.2) is 0 Å². The zero-order valence-electron chi connectivity index (χ0n) is 9.19. The average Bonchev–Trinajstić information content (AvgIpc) is 2.64. The standard InChI is InChI=1S/C10H16N4OS/c11-10-8(12-13-16-10)7-14-6-4-2-1-3-5-9(14)15/h1-7,11H2. The Morgan fingerprint density at radius 3 is 2.88 bits per heavy atom. The first-order valence-corrected chi connectivity index (χ1v) is 6.39. The summed E-state index contributed by atoms with van der Waals surface area (Å²) in [5.74, 6) is 0.215. The highest BCUT2D eigenvalue weighted by Gasteiger charge is 2.18. The van der Waals surface area contributed by atoms with E-state index >= 15 is 0 Å². The lowest BCUT2D eigenvalue weighted by Crippen LogP contribution is -2.32. The third-order valence-corrected chi connectivity index (χ3v) is 3.44. The fourth-order valence-corrected chi connectivity index (χ4v) is 2.33. The number of likely N-dealkylation sites (tertiary alicyclic amines) is 1. The van der Waals surface area contributed by atoms with Crippen molar-refractivity contribution >= 4 is 22.4 Å². The van der Waals surface area contributed by atoms with Crippen LogP contribution < -0.4 is 5.73 Å². The van der Waals surface area contributed by atoms with E-state index in [0.717, 1.165) is 25.1 Å². The topological polar surface area (TPSA) is 72.1 Å². The molecule has 1 saturated heterocycles. The van der Waals surface area contributed by atoms with Crippen LogP contribution in [0.3, 0.4) is 0 Å². The Balaban J connectivity index is 2.01. The molecular weight excluding hydrogens is 224 g/mol. The molecule has 0 saturated carbocycles. The molecule has 1 aromatic rings. The summed E-state index contributed by atoms with van der Waals surface area (Å²) in [6, 6.07) is 0. The molecule has 0 aliphatic carbocycles. The van der Waals surface area contributed by atoms with Crippen LogP contribution in [0.25, 0.3) is 0 Å². The number of hydrogen-bond donors (Lipinski definition) is 1. The number of aromatic nitrogens is 2. The maximum absolute atomic E-state index is 11.8. The zero-order valence-corrected chi connectivity index (χ0v) is 10.0. The Kier molecular flexibility index (Phi) is 3.71. The van der Waals surface area contributed by atoms with Crippen LogP contribution in [0, 0.1) is 0 Å². The number of nitrogens with two attached hydrogens (primary N) is 1. The van der Waals surface area contributed by atoms with Gasteiger partial charge in [0, 0.05) is 24.5 Å². The number of amides is 1. The number of carbonyl (C=O) groups excluding carboxylic acids is 1. The first-order chi connectivity index (χ1) is 7.77. The molecule has 2 N–H and O–H groups in total. The van der Waals surface area contributed by atoms with Crippen LogP contribution >= 0.6 is 11.5 Å². The summed E-state index contributed by atoms with van der Waals surface area (Å²) in [6.07, 6.45) is 5.09. The number of rotatable bonds is 2. The predicted octanol–water partition coefficient (Wildman–Crippen LogP) is 1.41. The molecule has 0 bridgehead atoms. The summed E-state index contributed by atoms with van der Waals surface area (Å²) in [5, 5.41) is 4.57. The smallest absolute Gasteiger partial charge is 0.222 e. The molecule has 0 unspecified atom stereocenters. The molecule has 0 radical (unpaired) electrons. The van der Waals surface area contributed by atoms with Gasteiger partial charge in [-0.05, 0) is 12.8 Å². The molecule has 1 aliphatic heterocycles. The molecule has 6 heteroatoms. The fourth-order valence-electron chi connectivity index (χ4n) is 1.89. The number of hydrogen-bond acceptors (Lipinski definition) is 5. The van der Waals surface area contributed by atoms with Gasteiger partial charge in [0.05, 0.1) is 6.54 Å². The second-order valence-corrected chi connectivity index (χ2v) is 4.85. The number of nitrogens with zero attached hydrogens (tertiary/aromatic N) is 3. The summed E-state index contributed by atoms with van der Waals surface area (Å²) in [4.78, 5) is 13.7. The van der Waals surface area contributed by atoms with E-state index in [9.17, 15) is 4.79 Å². The van der Waals surface area contributed by atoms with Gasteiger partial charge in [-0.3, -0.25) is 4.79 Å². The predicted molar refractivity (Wildman–Crippen MR) is 62.8 cm³/mol. The van der Waals surface area contributed by atoms with E-state index in [2.05, 4.69) is 9.59 Å². The van der Waals surface area contributed by atoms with Gasteiger partial charge in [-0.1, -0.05) is 17.3 Å². The van der Waals surface area contributed by atoms with Crippen molar-refractivity contribution in [2.24, 2.45) is 0 Å². The SMILES string of the molecule is Nc1snnc1CN1CCCCCCC1=O. The largest absolute Gasteiger partial charge is 0.388 e. The zero-order chi connectivity index (χ0) is 11.4. The molecule has 2 heterocycles. The minimum Gasteiger partial charge on any atom is -0.388 e. The van der Waals surface area contributed by atoms with Crippen LogP contribution in [0.4, 0.5) is 5.00 Å². The molecule has 0 aromatic carbocycles. The molecule has 16 heavy (non-hydrogen) atoms. The summed E-state index contributed by atoms with van der Waals surface area (Å²) in [5.41, 5.74) is 6.46. The highest BCUT2D eigenvalue weighted by atomic mass is 32.1. The van der Waals surface area contributed by atoms with Gasteiger partial charge in [0.15, 0.2) is 0 Å². The van der Waals surface area contributed by atoms with Crippen LogP contribution in [0.2, 0.25) is 0 Å². The second kappa shape index (κ2) is 5.25. The van der Waals surface area contributed by atoms with Crippen LogP contribution in [0.1, 0.15) is 37.8 Å². The van der Waals surface area contributed by atoms with Gasteiger partial charge in [0.2, 0.25) is 5.91 Å². The normalized spacial score (nSPS) is 18.2. The molecule has 88 valence electrons. The van der Waals surface area contributed by atoms with E-state index in [1.54, 1.807) is 0 Å². The van der Waals surface area contributed by atoms with Crippen molar-refractivity contribution in [2.75, 3.05) is 12.3 Å². The van der Waals surface area contributed by atoms with Gasteiger partial charge >= 0.3 is 0 Å². The fraction of sp³-hybridized carbons (Fsp3) is 0.700. The summed E-state index contributed by atoms with van der Waals surface area (Å²) in [7, 11) is 0. The highest BCUT2D eigenvalue weighted by Crippen LogP contribution is 2.18. The molecule has 5 nitrogen and oxygen atoms in total. The summed E-state index contributed by atoms with van der Waals surface area (Å²) < 4.78 is 3.78. The van der Waals surface area contributed by atoms with E-state index in [-0.39, 0.29) is 5.91 Å². The van der Waals surface area contributed by atoms with Crippen molar-refractivity contribution in [1.82, 2.24) is 14.5 Å². The Labute approximate surface area is 98.8 Å². The van der Waals surface area contributed by atoms with Crippen molar-refractivity contribution in [1.29, 1.82) is 0 Å². The Hall–Kier alpha value is -1.17. The quantitative estimate of drug-likeness (QED) is 0.848. The van der Waals surface area contributed by atoms with Gasteiger partial charge in [0.1, 0.15) is 10.7 Å². The molecule has 1 aliphatic rings. The van der Waals surface area contributed by atoms with Crippen molar-refractivity contribution in [2.45, 2.75) is 38.6 Å². The maximum Gasteiger partial charge on any atom is 0.222 e. The van der Waals surface area contributed by atoms with Crippen LogP contribution in [-0.4, -0.2) is 26.9 Å². The highest BCUT2D eigenvalue weighted by molar-refractivity contribution is 7.09. The molecule has 1 amide bonds. The minimum atomic E-state index is 0.215. The van der Waals surface area contributed by atoms with Gasteiger partial charge in [0.25, 0.3) is 0 Å². The Morgan fingerprint density at radius 2 is 2.12 bits per heavy atom. The Bertz CT molecular complexity index is 365. The van der Waals surface area contributed by atoms with E-state index in [1.165, 1.54) is 24.4 Å². The second-order valence-electron chi connectivity index (χ2n) is 4.06. The maximum atomic E-state index is 11.8. The van der Waals surface area contributed by atoms with Crippen LogP contribution in [0.5, 0.6) is 0 Å². The minimum absolute atomic E-state index is 0.215. The third-order valence-electron chi connectivity index (χ3n) is 2.85. The monoisotopic (exact) mass is 240 g/mol. The molecule has 1 fully saturated rings. The number of anilines is 1. The van der Waals surface area contributed by atoms with Crippen molar-refractivity contribution in [3.8, 4) is 0 Å². The van der Waals surface area contributed by atoms with Gasteiger partial charge < -0.3 is 10.6 Å². The molecule has 1 aromatic heterocycles. The molecule has 0 atom stereocenters. The third kappa shape index (κ3) is 2.69. The Morgan fingerprint density at radius 1 is 1.31 bits per heavy atom. The summed E-state index contributed by atoms with van der Waals surface area (Å²) in [6.45, 7) is 1.33. The van der Waals surface area contributed by atoms with E-state index in [4.69, 9.17) is 5.73 Å². The van der Waals surface area contributed by atoms with E-state index in [0.29, 0.717) is 18.0 Å². The van der Waals surface area contributed by atoms with E-state index in [1.807, 2.05) is 4.90 Å². The molecule has 0 spiro atoms. The number of nitrogen functional groups attached to an aromatic ring is 1. The number of carbonyl (C=O) groups is 1. The molecular formula is C10H16N4OS. The van der Waals surface area contributed by atoms with E-state index < -0.39 is 0 Å². The lowest BCUT2D eigenvalue weighted by Gasteiger charge is -2.23. The lowest BCUT2D eigenvalue weighted by atomic mass is 10.1. The lowest BCUT2D eigenvalue weighted by molar-refractivity contribution is -0.132. The average molecular weight is 240 g/mol. The van der Waals surface area contributed by atoms with Gasteiger partial charge in [-0.15, -0.1) is 5.10 Å². The van der Waals surface area contributed by atoms with Crippen molar-refractivity contribution < 1.29 is 4.79 Å². The molecule has 2 rings (SSSR count). The first kappa shape index (κ1) is 11.3. The van der Waals surface area contributed by atoms with Crippen LogP contribution in [0.15, 0.2) is 0 Å². The first-order valence-electron chi connectivity index (χ1n) is 5.62. The van der Waals surface area contributed by atoms with Crippen molar-refractivity contribution in [3.05, 3.63) is 5.69 Å². The summed E-state index contributed by atoms with van der Waals surface area (Å²) >= 11 is 1.18.